The summed E-state index contributed by atoms with van der Waals surface area (Å²) in [6.45, 7) is 5.61. The van der Waals surface area contributed by atoms with Crippen LogP contribution in [-0.2, 0) is 0 Å². The predicted octanol–water partition coefficient (Wildman–Crippen LogP) is 4.33. The van der Waals surface area contributed by atoms with Gasteiger partial charge in [0.1, 0.15) is 17.4 Å². The summed E-state index contributed by atoms with van der Waals surface area (Å²) in [4.78, 5) is 8.45. The Hall–Kier alpha value is -1.85. The van der Waals surface area contributed by atoms with Gasteiger partial charge in [0.15, 0.2) is 0 Å². The van der Waals surface area contributed by atoms with Gasteiger partial charge in [-0.2, -0.15) is 5.10 Å². The highest BCUT2D eigenvalue weighted by Gasteiger charge is 2.13. The van der Waals surface area contributed by atoms with E-state index in [2.05, 4.69) is 20.5 Å². The second-order valence-corrected chi connectivity index (χ2v) is 5.59. The molecule has 0 aliphatic carbocycles. The van der Waals surface area contributed by atoms with E-state index in [1.165, 1.54) is 6.07 Å². The summed E-state index contributed by atoms with van der Waals surface area (Å²) < 4.78 is 0. The minimum atomic E-state index is -0.0384. The fourth-order valence-corrected chi connectivity index (χ4v) is 2.51. The van der Waals surface area contributed by atoms with Gasteiger partial charge in [-0.3, -0.25) is 5.43 Å². The summed E-state index contributed by atoms with van der Waals surface area (Å²) in [5.74, 6) is 1.21. The number of benzene rings is 1. The quantitative estimate of drug-likeness (QED) is 0.642. The van der Waals surface area contributed by atoms with E-state index in [0.29, 0.717) is 34.4 Å². The van der Waals surface area contributed by atoms with E-state index in [9.17, 15) is 5.11 Å². The van der Waals surface area contributed by atoms with Crippen molar-refractivity contribution in [3.8, 4) is 5.75 Å². The average molecular weight is 339 g/mol. The van der Waals surface area contributed by atoms with Gasteiger partial charge < -0.3 is 5.11 Å². The normalized spacial score (nSPS) is 11.6. The van der Waals surface area contributed by atoms with Gasteiger partial charge in [0.2, 0.25) is 0 Å². The molecule has 0 atom stereocenters. The Labute approximate surface area is 139 Å². The molecule has 0 saturated carbocycles. The maximum absolute atomic E-state index is 10.1. The molecule has 22 heavy (non-hydrogen) atoms. The molecular weight excluding hydrogens is 323 g/mol. The smallest absolute Gasteiger partial charge is 0.150 e. The van der Waals surface area contributed by atoms with Gasteiger partial charge in [-0.25, -0.2) is 9.97 Å². The van der Waals surface area contributed by atoms with Crippen molar-refractivity contribution >= 4 is 34.7 Å². The van der Waals surface area contributed by atoms with Gasteiger partial charge in [0.05, 0.1) is 10.7 Å². The van der Waals surface area contributed by atoms with Crippen LogP contribution in [-0.4, -0.2) is 20.8 Å². The van der Waals surface area contributed by atoms with E-state index in [-0.39, 0.29) is 10.8 Å². The van der Waals surface area contributed by atoms with Gasteiger partial charge in [-0.05, 0) is 32.4 Å². The maximum Gasteiger partial charge on any atom is 0.150 e. The number of hydrogen-bond acceptors (Lipinski definition) is 5. The summed E-state index contributed by atoms with van der Waals surface area (Å²) in [6, 6.07) is 4.90. The molecule has 0 unspecified atom stereocenters. The van der Waals surface area contributed by atoms with E-state index in [1.54, 1.807) is 12.1 Å². The van der Waals surface area contributed by atoms with Crippen LogP contribution >= 0.6 is 23.2 Å². The number of phenols is 1. The number of anilines is 1. The molecule has 116 valence electrons. The molecule has 1 aromatic carbocycles. The minimum absolute atomic E-state index is 0.0384. The molecule has 2 aromatic rings. The molecule has 1 heterocycles. The van der Waals surface area contributed by atoms with Crippen LogP contribution in [0.5, 0.6) is 5.75 Å². The van der Waals surface area contributed by atoms with Crippen molar-refractivity contribution in [3.05, 3.63) is 45.3 Å². The highest BCUT2D eigenvalue weighted by Crippen LogP contribution is 2.32. The van der Waals surface area contributed by atoms with Gasteiger partial charge in [0.25, 0.3) is 0 Å². The van der Waals surface area contributed by atoms with Crippen molar-refractivity contribution < 1.29 is 5.11 Å². The molecule has 2 N–H and O–H groups in total. The fraction of sp³-hybridized carbons (Fsp3) is 0.267. The van der Waals surface area contributed by atoms with Crippen LogP contribution in [0.15, 0.2) is 23.3 Å². The molecule has 5 nitrogen and oxygen atoms in total. The highest BCUT2D eigenvalue weighted by atomic mass is 35.5. The van der Waals surface area contributed by atoms with Gasteiger partial charge in [0, 0.05) is 22.3 Å². The maximum atomic E-state index is 10.1. The molecule has 0 radical (unpaired) electrons. The van der Waals surface area contributed by atoms with Crippen molar-refractivity contribution in [2.24, 2.45) is 5.10 Å². The first-order chi connectivity index (χ1) is 10.4. The van der Waals surface area contributed by atoms with Crippen molar-refractivity contribution in [1.82, 2.24) is 9.97 Å². The first kappa shape index (κ1) is 16.5. The molecule has 0 aliphatic heterocycles. The van der Waals surface area contributed by atoms with E-state index in [1.807, 2.05) is 20.8 Å². The molecular formula is C15H16Cl2N4O. The monoisotopic (exact) mass is 338 g/mol. The van der Waals surface area contributed by atoms with Crippen LogP contribution < -0.4 is 5.43 Å². The van der Waals surface area contributed by atoms with Gasteiger partial charge >= 0.3 is 0 Å². The van der Waals surface area contributed by atoms with Crippen molar-refractivity contribution in [3.63, 3.8) is 0 Å². The van der Waals surface area contributed by atoms with E-state index >= 15 is 0 Å². The summed E-state index contributed by atoms with van der Waals surface area (Å²) in [7, 11) is 0. The zero-order valence-corrected chi connectivity index (χ0v) is 14.0. The number of rotatable bonds is 4. The first-order valence-corrected chi connectivity index (χ1v) is 7.49. The Morgan fingerprint density at radius 2 is 1.95 bits per heavy atom. The zero-order valence-electron chi connectivity index (χ0n) is 12.5. The standard InChI is InChI=1S/C15H16Cl2N4O/c1-4-13(11-6-10(16)7-12(17)15(11)22)20-21-14-5-8(2)18-9(3)19-14/h5-7,22H,4H2,1-3H3,(H,18,19,21). The molecule has 0 spiro atoms. The lowest BCUT2D eigenvalue weighted by atomic mass is 10.1. The number of aryl methyl sites for hydroxylation is 2. The van der Waals surface area contributed by atoms with Crippen LogP contribution in [0.25, 0.3) is 0 Å². The molecule has 0 aliphatic rings. The Morgan fingerprint density at radius 1 is 1.23 bits per heavy atom. The van der Waals surface area contributed by atoms with Crippen LogP contribution in [0.1, 0.15) is 30.4 Å². The second-order valence-electron chi connectivity index (χ2n) is 4.75. The third kappa shape index (κ3) is 3.87. The molecule has 0 bridgehead atoms. The van der Waals surface area contributed by atoms with Gasteiger partial charge in [-0.1, -0.05) is 30.1 Å². The number of aromatic nitrogens is 2. The lowest BCUT2D eigenvalue weighted by Crippen LogP contribution is -2.05. The van der Waals surface area contributed by atoms with E-state index < -0.39 is 0 Å². The van der Waals surface area contributed by atoms with Gasteiger partial charge in [-0.15, -0.1) is 0 Å². The highest BCUT2D eigenvalue weighted by molar-refractivity contribution is 6.36. The van der Waals surface area contributed by atoms with Crippen LogP contribution in [0.2, 0.25) is 10.0 Å². The predicted molar refractivity (Wildman–Crippen MR) is 90.1 cm³/mol. The lowest BCUT2D eigenvalue weighted by molar-refractivity contribution is 0.474. The Balaban J connectivity index is 2.35. The summed E-state index contributed by atoms with van der Waals surface area (Å²) >= 11 is 11.9. The fourth-order valence-electron chi connectivity index (χ4n) is 2.01. The zero-order chi connectivity index (χ0) is 16.3. The molecule has 2 rings (SSSR count). The topological polar surface area (TPSA) is 70.4 Å². The van der Waals surface area contributed by atoms with E-state index in [0.717, 1.165) is 5.69 Å². The van der Waals surface area contributed by atoms with Crippen LogP contribution in [0.4, 0.5) is 5.82 Å². The molecule has 0 amide bonds. The summed E-state index contributed by atoms with van der Waals surface area (Å²) in [5.41, 5.74) is 4.84. The average Bonchev–Trinajstić information content (AvgIpc) is 2.43. The second kappa shape index (κ2) is 6.94. The number of aromatic hydroxyl groups is 1. The number of nitrogens with one attached hydrogen (secondary N) is 1. The first-order valence-electron chi connectivity index (χ1n) is 6.74. The third-order valence-corrected chi connectivity index (χ3v) is 3.45. The van der Waals surface area contributed by atoms with Crippen molar-refractivity contribution in [2.75, 3.05) is 5.43 Å². The number of nitrogens with zero attached hydrogens (tertiary/aromatic N) is 3. The Kier molecular flexibility index (Phi) is 5.21. The molecule has 1 aromatic heterocycles. The minimum Gasteiger partial charge on any atom is -0.506 e. The van der Waals surface area contributed by atoms with Crippen LogP contribution in [0.3, 0.4) is 0 Å². The number of hydrazone groups is 1. The Bertz CT molecular complexity index is 711. The number of phenolic OH excluding ortho intramolecular Hbond substituents is 1. The number of hydrogen-bond donors (Lipinski definition) is 2. The molecule has 0 saturated heterocycles. The summed E-state index contributed by atoms with van der Waals surface area (Å²) in [5, 5.41) is 15.0. The number of halogens is 2. The van der Waals surface area contributed by atoms with Crippen LogP contribution in [0, 0.1) is 13.8 Å². The summed E-state index contributed by atoms with van der Waals surface area (Å²) in [6.07, 6.45) is 0.584. The largest absolute Gasteiger partial charge is 0.506 e. The molecule has 7 heteroatoms. The third-order valence-electron chi connectivity index (χ3n) is 2.95. The molecule has 0 fully saturated rings. The lowest BCUT2D eigenvalue weighted by Gasteiger charge is -2.10. The van der Waals surface area contributed by atoms with E-state index in [4.69, 9.17) is 23.2 Å². The SMILES string of the molecule is CCC(=NNc1cc(C)nc(C)n1)c1cc(Cl)cc(Cl)c1O. The van der Waals surface area contributed by atoms with Crippen molar-refractivity contribution in [1.29, 1.82) is 0 Å². The van der Waals surface area contributed by atoms with Crippen molar-refractivity contribution in [2.45, 2.75) is 27.2 Å². The Morgan fingerprint density at radius 3 is 2.59 bits per heavy atom.